The van der Waals surface area contributed by atoms with E-state index in [1.807, 2.05) is 20.8 Å². The fraction of sp³-hybridized carbons (Fsp3) is 0.917. The molecule has 1 saturated carbocycles. The summed E-state index contributed by atoms with van der Waals surface area (Å²) in [6, 6.07) is 0. The van der Waals surface area contributed by atoms with Gasteiger partial charge in [0.1, 0.15) is 6.10 Å². The maximum Gasteiger partial charge on any atom is 0.407 e. The molecule has 0 aromatic heterocycles. The maximum atomic E-state index is 11.5. The monoisotopic (exact) mass is 229 g/mol. The first-order valence-electron chi connectivity index (χ1n) is 6.04. The van der Waals surface area contributed by atoms with Crippen LogP contribution in [0.5, 0.6) is 0 Å². The lowest BCUT2D eigenvalue weighted by atomic mass is 10.1. The fourth-order valence-corrected chi connectivity index (χ4v) is 1.85. The van der Waals surface area contributed by atoms with Crippen molar-refractivity contribution >= 4 is 6.09 Å². The Kier molecular flexibility index (Phi) is 4.59. The van der Waals surface area contributed by atoms with E-state index in [1.165, 1.54) is 0 Å². The van der Waals surface area contributed by atoms with Crippen molar-refractivity contribution in [1.82, 2.24) is 5.32 Å². The molecule has 0 spiro atoms. The number of carbonyl (C=O) groups excluding carboxylic acids is 1. The first-order valence-corrected chi connectivity index (χ1v) is 6.04. The predicted octanol–water partition coefficient (Wildman–Crippen LogP) is 2.20. The van der Waals surface area contributed by atoms with E-state index < -0.39 is 0 Å². The van der Waals surface area contributed by atoms with Gasteiger partial charge in [-0.2, -0.15) is 0 Å². The lowest BCUT2D eigenvalue weighted by molar-refractivity contribution is 0.0790. The zero-order valence-electron chi connectivity index (χ0n) is 10.5. The average molecular weight is 229 g/mol. The molecule has 2 unspecified atom stereocenters. The van der Waals surface area contributed by atoms with Gasteiger partial charge in [-0.15, -0.1) is 0 Å². The van der Waals surface area contributed by atoms with Crippen LogP contribution in [0.1, 0.15) is 52.9 Å². The molecule has 4 nitrogen and oxygen atoms in total. The zero-order valence-corrected chi connectivity index (χ0v) is 10.5. The van der Waals surface area contributed by atoms with Crippen LogP contribution >= 0.6 is 0 Å². The number of carbonyl (C=O) groups is 1. The number of alkyl carbamates (subject to hydrolysis) is 1. The van der Waals surface area contributed by atoms with Crippen molar-refractivity contribution in [2.24, 2.45) is 0 Å². The highest BCUT2D eigenvalue weighted by Crippen LogP contribution is 2.20. The molecule has 2 N–H and O–H groups in total. The van der Waals surface area contributed by atoms with Crippen molar-refractivity contribution in [1.29, 1.82) is 0 Å². The fourth-order valence-electron chi connectivity index (χ4n) is 1.85. The lowest BCUT2D eigenvalue weighted by Gasteiger charge is -2.23. The second-order valence-electron chi connectivity index (χ2n) is 5.56. The number of aliphatic hydroxyl groups excluding tert-OH is 1. The van der Waals surface area contributed by atoms with E-state index in [4.69, 9.17) is 4.74 Å². The molecule has 16 heavy (non-hydrogen) atoms. The molecule has 94 valence electrons. The van der Waals surface area contributed by atoms with Gasteiger partial charge in [0.05, 0.1) is 6.10 Å². The second-order valence-corrected chi connectivity index (χ2v) is 5.56. The van der Waals surface area contributed by atoms with E-state index in [2.05, 4.69) is 5.32 Å². The van der Waals surface area contributed by atoms with Crippen LogP contribution in [0, 0.1) is 0 Å². The molecule has 0 radical (unpaired) electrons. The molecule has 1 fully saturated rings. The Morgan fingerprint density at radius 2 is 1.94 bits per heavy atom. The number of hydrogen-bond acceptors (Lipinski definition) is 3. The number of ether oxygens (including phenoxy) is 1. The Balaban J connectivity index is 2.33. The number of rotatable bonds is 1. The number of hydrogen-bond donors (Lipinski definition) is 2. The summed E-state index contributed by atoms with van der Waals surface area (Å²) >= 11 is 0. The lowest BCUT2D eigenvalue weighted by Crippen LogP contribution is -2.42. The SMILES string of the molecule is CC(C)(C)NC(=O)OC1CCCC(O)CC1. The Morgan fingerprint density at radius 3 is 2.56 bits per heavy atom. The van der Waals surface area contributed by atoms with Crippen LogP contribution in [0.25, 0.3) is 0 Å². The van der Waals surface area contributed by atoms with E-state index in [0.717, 1.165) is 32.1 Å². The molecule has 0 bridgehead atoms. The van der Waals surface area contributed by atoms with E-state index in [1.54, 1.807) is 0 Å². The average Bonchev–Trinajstić information content (AvgIpc) is 2.27. The van der Waals surface area contributed by atoms with Crippen molar-refractivity contribution in [3.05, 3.63) is 0 Å². The van der Waals surface area contributed by atoms with Crippen LogP contribution in [0.2, 0.25) is 0 Å². The third-order valence-corrected chi connectivity index (χ3v) is 2.64. The van der Waals surface area contributed by atoms with Crippen molar-refractivity contribution in [3.63, 3.8) is 0 Å². The molecular weight excluding hydrogens is 206 g/mol. The van der Waals surface area contributed by atoms with Gasteiger partial charge in [-0.3, -0.25) is 0 Å². The summed E-state index contributed by atoms with van der Waals surface area (Å²) in [5.41, 5.74) is -0.263. The molecule has 4 heteroatoms. The number of nitrogens with one attached hydrogen (secondary N) is 1. The van der Waals surface area contributed by atoms with E-state index in [9.17, 15) is 9.90 Å². The van der Waals surface area contributed by atoms with Crippen molar-refractivity contribution in [2.45, 2.75) is 70.6 Å². The largest absolute Gasteiger partial charge is 0.446 e. The van der Waals surface area contributed by atoms with Gasteiger partial charge in [0.25, 0.3) is 0 Å². The summed E-state index contributed by atoms with van der Waals surface area (Å²) in [5.74, 6) is 0. The quantitative estimate of drug-likeness (QED) is 0.678. The smallest absolute Gasteiger partial charge is 0.407 e. The molecule has 0 aromatic carbocycles. The summed E-state index contributed by atoms with van der Waals surface area (Å²) in [5, 5.41) is 12.2. The van der Waals surface area contributed by atoms with E-state index in [0.29, 0.717) is 0 Å². The van der Waals surface area contributed by atoms with Gasteiger partial charge in [0, 0.05) is 5.54 Å². The molecule has 0 heterocycles. The first-order chi connectivity index (χ1) is 7.37. The molecule has 0 aromatic rings. The molecule has 1 aliphatic rings. The van der Waals surface area contributed by atoms with Gasteiger partial charge >= 0.3 is 6.09 Å². The number of amides is 1. The van der Waals surface area contributed by atoms with Gasteiger partial charge < -0.3 is 15.2 Å². The first kappa shape index (κ1) is 13.3. The summed E-state index contributed by atoms with van der Waals surface area (Å²) in [6.45, 7) is 5.77. The Labute approximate surface area is 97.4 Å². The van der Waals surface area contributed by atoms with Crippen LogP contribution in [0.15, 0.2) is 0 Å². The minimum absolute atomic E-state index is 0.0421. The Bertz CT molecular complexity index is 235. The van der Waals surface area contributed by atoms with Crippen molar-refractivity contribution in [2.75, 3.05) is 0 Å². The van der Waals surface area contributed by atoms with Crippen molar-refractivity contribution in [3.8, 4) is 0 Å². The van der Waals surface area contributed by atoms with Crippen LogP contribution in [0.4, 0.5) is 4.79 Å². The Morgan fingerprint density at radius 1 is 1.25 bits per heavy atom. The highest BCUT2D eigenvalue weighted by molar-refractivity contribution is 5.68. The van der Waals surface area contributed by atoms with Gasteiger partial charge in [-0.25, -0.2) is 4.79 Å². The molecule has 1 aliphatic carbocycles. The summed E-state index contributed by atoms with van der Waals surface area (Å²) in [6.07, 6.45) is 3.48. The third kappa shape index (κ3) is 5.35. The topological polar surface area (TPSA) is 58.6 Å². The van der Waals surface area contributed by atoms with E-state index in [-0.39, 0.29) is 23.8 Å². The van der Waals surface area contributed by atoms with Crippen LogP contribution in [-0.4, -0.2) is 28.9 Å². The molecule has 1 amide bonds. The second kappa shape index (κ2) is 5.53. The van der Waals surface area contributed by atoms with Gasteiger partial charge in [-0.05, 0) is 52.9 Å². The van der Waals surface area contributed by atoms with Gasteiger partial charge in [0.15, 0.2) is 0 Å². The maximum absolute atomic E-state index is 11.5. The Hall–Kier alpha value is -0.770. The molecule has 0 saturated heterocycles. The molecule has 1 rings (SSSR count). The standard InChI is InChI=1S/C12H23NO3/c1-12(2,3)13-11(15)16-10-6-4-5-9(14)7-8-10/h9-10,14H,4-8H2,1-3H3,(H,13,15). The number of aliphatic hydroxyl groups is 1. The summed E-state index contributed by atoms with van der Waals surface area (Å²) in [4.78, 5) is 11.5. The normalized spacial score (nSPS) is 27.0. The van der Waals surface area contributed by atoms with Crippen molar-refractivity contribution < 1.29 is 14.6 Å². The molecule has 0 aliphatic heterocycles. The molecular formula is C12H23NO3. The summed E-state index contributed by atoms with van der Waals surface area (Å²) in [7, 11) is 0. The van der Waals surface area contributed by atoms with Gasteiger partial charge in [0.2, 0.25) is 0 Å². The minimum Gasteiger partial charge on any atom is -0.446 e. The zero-order chi connectivity index (χ0) is 12.2. The minimum atomic E-state index is -0.353. The third-order valence-electron chi connectivity index (χ3n) is 2.64. The van der Waals surface area contributed by atoms with E-state index >= 15 is 0 Å². The van der Waals surface area contributed by atoms with Gasteiger partial charge in [-0.1, -0.05) is 0 Å². The predicted molar refractivity (Wildman–Crippen MR) is 62.2 cm³/mol. The highest BCUT2D eigenvalue weighted by atomic mass is 16.6. The van der Waals surface area contributed by atoms with Crippen LogP contribution in [-0.2, 0) is 4.74 Å². The summed E-state index contributed by atoms with van der Waals surface area (Å²) < 4.78 is 5.33. The van der Waals surface area contributed by atoms with Crippen LogP contribution in [0.3, 0.4) is 0 Å². The highest BCUT2D eigenvalue weighted by Gasteiger charge is 2.22. The van der Waals surface area contributed by atoms with Crippen LogP contribution < -0.4 is 5.32 Å². The molecule has 2 atom stereocenters.